The SMILES string of the molecule is CCOC(=O)n1nc2c(c1N)CCC2(C)C.CCOC(=O)n1nc2c(c1N)CN(C(=O)Cl)C2(C)C.CN1CCC[C@@H](Cc2ccccc2)C1.CN1CCN(C(=O)N2CC3=C(CN=C3N)C2(C)C)[C@@H](Cc2ccccc2)C1.CN1CCN(C(=O)N2CC3=C(CN=C3Nc3nc(Cl)nc4ccsc34)C2(C)C)[C@@H](Cc2ccccc2)C1.ClCCl.Clc1nc(Cl)c2sccc2n1.S.S.S. The van der Waals surface area contributed by atoms with Crippen LogP contribution in [0.2, 0.25) is 15.7 Å². The van der Waals surface area contributed by atoms with E-state index in [4.69, 9.17) is 101 Å². The van der Waals surface area contributed by atoms with Gasteiger partial charge in [-0.2, -0.15) is 55.7 Å². The number of nitrogens with zero attached hydrogens (tertiary/aromatic N) is 18. The van der Waals surface area contributed by atoms with Crippen LogP contribution in [0.15, 0.2) is 146 Å². The molecular formula is C90H120Cl6N22O7S5. The number of aromatic nitrogens is 8. The van der Waals surface area contributed by atoms with E-state index in [1.54, 1.807) is 39.0 Å². The summed E-state index contributed by atoms with van der Waals surface area (Å²) >= 11 is 35.7. The number of halogens is 6. The Morgan fingerprint density at radius 1 is 0.531 bits per heavy atom. The standard InChI is InChI=1S/C27H30ClN7OS.C21H29N5O.C13H19N.C11H15ClN4O3.C11H17N3O2.C6H2Cl2N2S.CH2Cl2.3H2S/c1-27(2)20-14-29-23(31-24-22-21(9-12-37-22)30-25(28)32-24)19(20)16-35(27)26(36)34-11-10-33(3)15-18(34)13-17-7-5-4-6-8-17;1-21(2)18-12-23-19(22)17(18)14-26(21)20(27)25-10-9-24(3)13-16(25)11-15-7-5-4-6-8-15;1-14-9-5-8-13(11-14)10-12-6-3-2-4-7-12;1-4-19-10(18)16-8(13)6-5-15(9(12)17)11(2,3)7(6)14-16;1-4-16-10(15)14-9(12)7-5-6-11(2,3)8(7)13-14;7-5-4-3(1-2-11-4)9-6(8)10-5;2-1-3;;;/h4-9,12,18H,10-11,13-16H2,1-3H3,(H,29,30,31,32);4-8,16H,9-14H2,1-3H3,(H2,22,23);2-4,6-7,13H,5,8-11H2,1H3;4-5,13H2,1-3H3;4-6,12H2,1-3H3;1-2H;1H2;3*1H2/t18-;16-;13-;;;;;;;/m000......./s1. The Morgan fingerprint density at radius 2 is 0.985 bits per heavy atom. The van der Waals surface area contributed by atoms with Gasteiger partial charge in [-0.1, -0.05) is 116 Å². The van der Waals surface area contributed by atoms with Gasteiger partial charge in [0.2, 0.25) is 10.6 Å². The molecule has 3 fully saturated rings. The number of rotatable bonds is 9. The van der Waals surface area contributed by atoms with Gasteiger partial charge in [-0.05, 0) is 219 Å². The molecule has 9 aliphatic rings. The topological polar surface area (TPSA) is 332 Å². The molecule has 29 nitrogen and oxygen atoms in total. The number of nitrogens with two attached hydrogens (primary N) is 3. The van der Waals surface area contributed by atoms with Crippen LogP contribution in [0.25, 0.3) is 20.4 Å². The summed E-state index contributed by atoms with van der Waals surface area (Å²) in [5.41, 5.74) is 29.6. The van der Waals surface area contributed by atoms with Gasteiger partial charge in [-0.15, -0.1) is 55.2 Å². The van der Waals surface area contributed by atoms with Crippen molar-refractivity contribution in [2.75, 3.05) is 135 Å². The molecule has 7 N–H and O–H groups in total. The maximum absolute atomic E-state index is 14.1. The Bertz CT molecular complexity index is 5560. The van der Waals surface area contributed by atoms with Crippen molar-refractivity contribution in [3.8, 4) is 0 Å². The number of carbonyl (C=O) groups excluding carboxylic acids is 5. The number of fused-ring (bicyclic) bond motifs is 4. The largest absolute Gasteiger partial charge is 0.448 e. The first-order chi connectivity index (χ1) is 60.5. The molecule has 3 atom stereocenters. The van der Waals surface area contributed by atoms with Gasteiger partial charge in [0.25, 0.3) is 0 Å². The third kappa shape index (κ3) is 24.3. The number of likely N-dealkylation sites (N-methyl/N-ethyl adjacent to an activating group) is 2. The number of piperidine rings is 1. The Morgan fingerprint density at radius 3 is 1.47 bits per heavy atom. The van der Waals surface area contributed by atoms with E-state index < -0.39 is 28.6 Å². The monoisotopic (exact) mass is 1990 g/mol. The van der Waals surface area contributed by atoms with E-state index in [1.807, 2.05) is 44.8 Å². The third-order valence-corrected chi connectivity index (χ3v) is 27.5. The van der Waals surface area contributed by atoms with Crippen molar-refractivity contribution >= 4 is 212 Å². The number of alkyl halides is 2. The first kappa shape index (κ1) is 105. The smallest absolute Gasteiger partial charge is 0.436 e. The number of amidine groups is 2. The highest BCUT2D eigenvalue weighted by Crippen LogP contribution is 2.45. The Kier molecular flexibility index (Phi) is 37.5. The number of thiophene rings is 2. The predicted molar refractivity (Wildman–Crippen MR) is 542 cm³/mol. The highest BCUT2D eigenvalue weighted by molar-refractivity contribution is 7.59. The molecule has 18 rings (SSSR count). The number of hydrogen-bond acceptors (Lipinski definition) is 24. The van der Waals surface area contributed by atoms with Crippen molar-refractivity contribution in [3.63, 3.8) is 0 Å². The van der Waals surface area contributed by atoms with Gasteiger partial charge in [0, 0.05) is 73.5 Å². The molecule has 14 heterocycles. The van der Waals surface area contributed by atoms with E-state index in [0.717, 1.165) is 124 Å². The zero-order valence-corrected chi connectivity index (χ0v) is 84.9. The summed E-state index contributed by atoms with van der Waals surface area (Å²) in [6.07, 6.45) is 6.53. The van der Waals surface area contributed by atoms with Gasteiger partial charge in [0.05, 0.1) is 112 Å². The van der Waals surface area contributed by atoms with Crippen molar-refractivity contribution in [3.05, 3.63) is 191 Å². The number of piperazine rings is 2. The van der Waals surface area contributed by atoms with Crippen LogP contribution >= 0.6 is 133 Å². The van der Waals surface area contributed by atoms with Crippen LogP contribution in [0.1, 0.15) is 128 Å². The second-order valence-corrected chi connectivity index (χ2v) is 38.7. The van der Waals surface area contributed by atoms with E-state index >= 15 is 0 Å². The van der Waals surface area contributed by atoms with Crippen LogP contribution in [-0.2, 0) is 52.7 Å². The van der Waals surface area contributed by atoms with Crippen LogP contribution in [0.3, 0.4) is 0 Å². The van der Waals surface area contributed by atoms with Gasteiger partial charge in [0.1, 0.15) is 23.3 Å². The van der Waals surface area contributed by atoms with E-state index in [9.17, 15) is 24.0 Å². The van der Waals surface area contributed by atoms with Crippen LogP contribution in [0, 0.1) is 5.92 Å². The molecule has 40 heteroatoms. The summed E-state index contributed by atoms with van der Waals surface area (Å²) in [5.74, 6) is 3.51. The molecule has 3 saturated heterocycles. The minimum absolute atomic E-state index is 0. The number of carbonyl (C=O) groups is 5. The van der Waals surface area contributed by atoms with E-state index in [2.05, 4.69) is 206 Å². The number of likely N-dealkylation sites (tertiary alicyclic amines) is 1. The van der Waals surface area contributed by atoms with Crippen molar-refractivity contribution < 1.29 is 33.4 Å². The lowest BCUT2D eigenvalue weighted by molar-refractivity contribution is 0.0732. The Balaban J connectivity index is 0.000000182. The molecule has 1 aliphatic carbocycles. The molecule has 3 aromatic carbocycles. The lowest BCUT2D eigenvalue weighted by Crippen LogP contribution is -2.60. The number of nitrogen functional groups attached to an aromatic ring is 2. The number of amides is 5. The molecule has 0 spiro atoms. The highest BCUT2D eigenvalue weighted by Gasteiger charge is 2.51. The average molecular weight is 2000 g/mol. The van der Waals surface area contributed by atoms with Crippen LogP contribution in [0.5, 0.6) is 0 Å². The van der Waals surface area contributed by atoms with Crippen LogP contribution in [0.4, 0.5) is 41.4 Å². The molecule has 0 bridgehead atoms. The second-order valence-electron chi connectivity index (χ2n) is 34.7. The minimum Gasteiger partial charge on any atom is -0.448 e. The lowest BCUT2D eigenvalue weighted by atomic mass is 9.91. The van der Waals surface area contributed by atoms with Crippen LogP contribution < -0.4 is 22.5 Å². The number of nitrogens with one attached hydrogen (secondary N) is 1. The Labute approximate surface area is 820 Å². The van der Waals surface area contributed by atoms with E-state index in [0.29, 0.717) is 66.7 Å². The zero-order valence-electron chi connectivity index (χ0n) is 75.7. The fourth-order valence-corrected chi connectivity index (χ4v) is 20.2. The quantitative estimate of drug-likeness (QED) is 0.0343. The van der Waals surface area contributed by atoms with Gasteiger partial charge in [0.15, 0.2) is 11.0 Å². The fraction of sp³-hybridized carbons (Fsp3) is 0.478. The van der Waals surface area contributed by atoms with Crippen molar-refractivity contribution in [1.29, 1.82) is 0 Å². The summed E-state index contributed by atoms with van der Waals surface area (Å²) in [7, 11) is 6.50. The second kappa shape index (κ2) is 46.2. The number of aliphatic imine (C=N–C) groups is 2. The van der Waals surface area contributed by atoms with E-state index in [-0.39, 0.29) is 110 Å². The summed E-state index contributed by atoms with van der Waals surface area (Å²) in [4.78, 5) is 105. The maximum atomic E-state index is 14.1. The molecule has 8 aliphatic heterocycles. The van der Waals surface area contributed by atoms with Crippen LogP contribution in [-0.4, -0.2) is 261 Å². The molecule has 0 saturated carbocycles. The van der Waals surface area contributed by atoms with Gasteiger partial charge < -0.3 is 71.2 Å². The maximum Gasteiger partial charge on any atom is 0.436 e. The molecule has 130 heavy (non-hydrogen) atoms. The first-order valence-electron chi connectivity index (χ1n) is 42.6. The number of benzene rings is 3. The molecular weight excluding hydrogens is 1870 g/mol. The average Bonchev–Trinajstić information content (AvgIpc) is 1.59. The highest BCUT2D eigenvalue weighted by atomic mass is 35.5. The van der Waals surface area contributed by atoms with Crippen molar-refractivity contribution in [2.24, 2.45) is 21.6 Å². The fourth-order valence-electron chi connectivity index (χ4n) is 17.8. The Hall–Kier alpha value is -8.20. The summed E-state index contributed by atoms with van der Waals surface area (Å²) in [6.45, 7) is 30.4. The molecule has 0 unspecified atom stereocenters. The minimum atomic E-state index is -0.708. The number of anilines is 3. The van der Waals surface area contributed by atoms with Gasteiger partial charge >= 0.3 is 29.6 Å². The van der Waals surface area contributed by atoms with E-state index in [1.165, 1.54) is 81.1 Å². The summed E-state index contributed by atoms with van der Waals surface area (Å²) in [6, 6.07) is 36.1. The molecule has 0 radical (unpaired) electrons. The number of hydrogen-bond donors (Lipinski definition) is 4. The number of ether oxygens (including phenoxy) is 2. The van der Waals surface area contributed by atoms with Gasteiger partial charge in [-0.3, -0.25) is 14.8 Å². The molecule has 5 amide bonds. The normalized spacial score (nSPS) is 19.4. The first-order valence-corrected chi connectivity index (χ1v) is 46.9. The summed E-state index contributed by atoms with van der Waals surface area (Å²) < 4.78 is 13.8. The summed E-state index contributed by atoms with van der Waals surface area (Å²) in [5, 5.41) is 16.2. The van der Waals surface area contributed by atoms with Gasteiger partial charge in [-0.25, -0.2) is 34.1 Å². The molecule has 6 aromatic heterocycles. The predicted octanol–water partition coefficient (Wildman–Crippen LogP) is 17.2. The number of urea groups is 2. The zero-order chi connectivity index (χ0) is 91.6. The molecule has 9 aromatic rings. The third-order valence-electron chi connectivity index (χ3n) is 24.7. The molecule has 704 valence electrons. The lowest BCUT2D eigenvalue weighted by Gasteiger charge is -2.45. The van der Waals surface area contributed by atoms with Crippen molar-refractivity contribution in [1.82, 2.24) is 78.7 Å². The van der Waals surface area contributed by atoms with Crippen molar-refractivity contribution in [2.45, 2.75) is 155 Å².